The van der Waals surface area contributed by atoms with Gasteiger partial charge < -0.3 is 14.7 Å². The lowest BCUT2D eigenvalue weighted by atomic mass is 10.2. The minimum atomic E-state index is -0.0142. The number of fused-ring (bicyclic) bond motifs is 2. The van der Waals surface area contributed by atoms with Crippen molar-refractivity contribution < 1.29 is 5.11 Å². The Hall–Kier alpha value is -3.24. The molecular weight excluding hydrogens is 382 g/mol. The lowest BCUT2D eigenvalue weighted by Crippen LogP contribution is -2.06. The fraction of sp³-hybridized carbons (Fsp3) is 0.227. The lowest BCUT2D eigenvalue weighted by molar-refractivity contribution is 0.420. The summed E-state index contributed by atoms with van der Waals surface area (Å²) in [7, 11) is 0. The zero-order valence-electron chi connectivity index (χ0n) is 16.3. The van der Waals surface area contributed by atoms with Crippen molar-refractivity contribution in [1.82, 2.24) is 19.5 Å². The second-order valence-electron chi connectivity index (χ2n) is 7.21. The predicted octanol–water partition coefficient (Wildman–Crippen LogP) is 5.15. The van der Waals surface area contributed by atoms with Crippen molar-refractivity contribution in [3.8, 4) is 6.07 Å². The summed E-state index contributed by atoms with van der Waals surface area (Å²) in [5.74, 6) is 1.06. The number of para-hydroxylation sites is 4. The molecule has 0 radical (unpaired) electrons. The number of aromatic nitrogens is 4. The second-order valence-corrected chi connectivity index (χ2v) is 8.15. The number of aromatic amines is 1. The number of aliphatic hydroxyl groups is 1. The predicted molar refractivity (Wildman–Crippen MR) is 117 cm³/mol. The fourth-order valence-corrected chi connectivity index (χ4v) is 4.14. The average Bonchev–Trinajstić information content (AvgIpc) is 3.28. The largest absolute Gasteiger partial charge is 0.510 e. The quantitative estimate of drug-likeness (QED) is 0.264. The van der Waals surface area contributed by atoms with Gasteiger partial charge in [0, 0.05) is 6.54 Å². The Kier molecular flexibility index (Phi) is 5.28. The van der Waals surface area contributed by atoms with Gasteiger partial charge >= 0.3 is 0 Å². The van der Waals surface area contributed by atoms with Crippen LogP contribution in [0.5, 0.6) is 0 Å². The summed E-state index contributed by atoms with van der Waals surface area (Å²) in [6, 6.07) is 17.6. The molecule has 0 fully saturated rings. The number of allylic oxidation sites excluding steroid dienone is 1. The Balaban J connectivity index is 1.64. The van der Waals surface area contributed by atoms with Gasteiger partial charge in [-0.1, -0.05) is 49.9 Å². The number of rotatable bonds is 6. The number of hydrogen-bond donors (Lipinski definition) is 2. The van der Waals surface area contributed by atoms with E-state index in [1.807, 2.05) is 42.5 Å². The third-order valence-corrected chi connectivity index (χ3v) is 5.52. The maximum absolute atomic E-state index is 10.6. The summed E-state index contributed by atoms with van der Waals surface area (Å²) in [5.41, 5.74) is 3.74. The molecule has 0 aliphatic carbocycles. The van der Waals surface area contributed by atoms with Gasteiger partial charge in [0.25, 0.3) is 0 Å². The van der Waals surface area contributed by atoms with Gasteiger partial charge in [-0.2, -0.15) is 5.26 Å². The number of benzene rings is 2. The first-order valence-electron chi connectivity index (χ1n) is 9.42. The Labute approximate surface area is 172 Å². The van der Waals surface area contributed by atoms with Crippen LogP contribution in [0.4, 0.5) is 0 Å². The first-order valence-corrected chi connectivity index (χ1v) is 10.4. The van der Waals surface area contributed by atoms with Crippen LogP contribution in [-0.4, -0.2) is 30.4 Å². The number of nitrogens with zero attached hydrogens (tertiary/aromatic N) is 4. The van der Waals surface area contributed by atoms with Gasteiger partial charge in [0.2, 0.25) is 0 Å². The van der Waals surface area contributed by atoms with E-state index in [1.54, 1.807) is 0 Å². The van der Waals surface area contributed by atoms with Crippen molar-refractivity contribution >= 4 is 39.4 Å². The standard InChI is InChI=1S/C22H21N5OS/c1-14(2)12-27-19-10-6-5-9-18(19)26-22(27)29-13-20(28)15(11-23)21-24-16-7-3-4-8-17(16)25-21/h3-10,14,28H,12-13H2,1-2H3,(H,24,25)/b20-15-. The highest BCUT2D eigenvalue weighted by atomic mass is 32.2. The summed E-state index contributed by atoms with van der Waals surface area (Å²) in [6.45, 7) is 5.16. The third-order valence-electron chi connectivity index (χ3n) is 4.53. The molecule has 4 rings (SSSR count). The molecule has 2 heterocycles. The van der Waals surface area contributed by atoms with Crippen LogP contribution in [0.15, 0.2) is 59.4 Å². The monoisotopic (exact) mass is 403 g/mol. The molecule has 0 unspecified atom stereocenters. The Morgan fingerprint density at radius 3 is 2.59 bits per heavy atom. The molecule has 4 aromatic rings. The van der Waals surface area contributed by atoms with Crippen LogP contribution in [0, 0.1) is 17.2 Å². The molecule has 0 saturated carbocycles. The third kappa shape index (κ3) is 3.84. The Bertz CT molecular complexity index is 1210. The SMILES string of the molecule is CC(C)Cn1c(SC/C(O)=C(\C#N)c2nc3ccccc3[nH]2)nc2ccccc21. The number of nitriles is 1. The smallest absolute Gasteiger partial charge is 0.169 e. The van der Waals surface area contributed by atoms with Crippen LogP contribution >= 0.6 is 11.8 Å². The van der Waals surface area contributed by atoms with Gasteiger partial charge in [-0.15, -0.1) is 0 Å². The summed E-state index contributed by atoms with van der Waals surface area (Å²) >= 11 is 1.42. The Morgan fingerprint density at radius 2 is 1.86 bits per heavy atom. The van der Waals surface area contributed by atoms with Gasteiger partial charge in [0.1, 0.15) is 17.4 Å². The molecule has 7 heteroatoms. The second kappa shape index (κ2) is 8.02. The number of aliphatic hydroxyl groups excluding tert-OH is 1. The van der Waals surface area contributed by atoms with Crippen molar-refractivity contribution in [3.05, 3.63) is 60.1 Å². The molecule has 0 aliphatic heterocycles. The molecule has 2 aromatic heterocycles. The van der Waals surface area contributed by atoms with E-state index >= 15 is 0 Å². The van der Waals surface area contributed by atoms with Crippen molar-refractivity contribution in [1.29, 1.82) is 5.26 Å². The van der Waals surface area contributed by atoms with Crippen LogP contribution in [0.1, 0.15) is 19.7 Å². The lowest BCUT2D eigenvalue weighted by Gasteiger charge is -2.11. The highest BCUT2D eigenvalue weighted by Gasteiger charge is 2.16. The molecule has 146 valence electrons. The van der Waals surface area contributed by atoms with E-state index in [1.165, 1.54) is 11.8 Å². The Morgan fingerprint density at radius 1 is 1.14 bits per heavy atom. The van der Waals surface area contributed by atoms with Gasteiger partial charge in [-0.05, 0) is 30.2 Å². The summed E-state index contributed by atoms with van der Waals surface area (Å²) < 4.78 is 2.17. The topological polar surface area (TPSA) is 90.5 Å². The molecule has 6 nitrogen and oxygen atoms in total. The molecule has 0 saturated heterocycles. The normalized spacial score (nSPS) is 12.5. The number of hydrogen-bond acceptors (Lipinski definition) is 5. The van der Waals surface area contributed by atoms with Crippen molar-refractivity contribution in [2.24, 2.45) is 5.92 Å². The first kappa shape index (κ1) is 19.1. The first-order chi connectivity index (χ1) is 14.1. The molecule has 29 heavy (non-hydrogen) atoms. The van der Waals surface area contributed by atoms with Crippen LogP contribution < -0.4 is 0 Å². The molecule has 2 N–H and O–H groups in total. The zero-order valence-corrected chi connectivity index (χ0v) is 17.1. The van der Waals surface area contributed by atoms with E-state index in [9.17, 15) is 10.4 Å². The molecule has 0 aliphatic rings. The van der Waals surface area contributed by atoms with E-state index < -0.39 is 0 Å². The average molecular weight is 404 g/mol. The molecule has 0 atom stereocenters. The molecule has 0 amide bonds. The van der Waals surface area contributed by atoms with Crippen molar-refractivity contribution in [2.45, 2.75) is 25.5 Å². The highest BCUT2D eigenvalue weighted by Crippen LogP contribution is 2.28. The van der Waals surface area contributed by atoms with Crippen LogP contribution in [0.2, 0.25) is 0 Å². The molecular formula is C22H21N5OS. The maximum Gasteiger partial charge on any atom is 0.169 e. The number of imidazole rings is 2. The minimum Gasteiger partial charge on any atom is -0.510 e. The number of H-pyrrole nitrogens is 1. The van der Waals surface area contributed by atoms with E-state index in [0.717, 1.165) is 33.8 Å². The van der Waals surface area contributed by atoms with Gasteiger partial charge in [-0.25, -0.2) is 9.97 Å². The van der Waals surface area contributed by atoms with Crippen molar-refractivity contribution in [2.75, 3.05) is 5.75 Å². The van der Waals surface area contributed by atoms with E-state index in [2.05, 4.69) is 40.5 Å². The number of nitrogens with one attached hydrogen (secondary N) is 1. The van der Waals surface area contributed by atoms with Gasteiger partial charge in [0.05, 0.1) is 27.8 Å². The van der Waals surface area contributed by atoms with E-state index in [4.69, 9.17) is 4.98 Å². The zero-order chi connectivity index (χ0) is 20.4. The molecule has 2 aromatic carbocycles. The van der Waals surface area contributed by atoms with Crippen molar-refractivity contribution in [3.63, 3.8) is 0 Å². The van der Waals surface area contributed by atoms with Gasteiger partial charge in [-0.3, -0.25) is 0 Å². The van der Waals surface area contributed by atoms with Gasteiger partial charge in [0.15, 0.2) is 11.0 Å². The molecule has 0 bridgehead atoms. The van der Waals surface area contributed by atoms with E-state index in [0.29, 0.717) is 11.7 Å². The van der Waals surface area contributed by atoms with Crippen LogP contribution in [-0.2, 0) is 6.54 Å². The minimum absolute atomic E-state index is 0.0142. The summed E-state index contributed by atoms with van der Waals surface area (Å²) in [5, 5.41) is 21.1. The number of thioether (sulfide) groups is 1. The summed E-state index contributed by atoms with van der Waals surface area (Å²) in [6.07, 6.45) is 0. The highest BCUT2D eigenvalue weighted by molar-refractivity contribution is 7.99. The summed E-state index contributed by atoms with van der Waals surface area (Å²) in [4.78, 5) is 12.2. The maximum atomic E-state index is 10.6. The van der Waals surface area contributed by atoms with E-state index in [-0.39, 0.29) is 17.1 Å². The van der Waals surface area contributed by atoms with Crippen LogP contribution in [0.25, 0.3) is 27.6 Å². The van der Waals surface area contributed by atoms with Crippen LogP contribution in [0.3, 0.4) is 0 Å². The molecule has 0 spiro atoms. The fourth-order valence-electron chi connectivity index (χ4n) is 3.24.